The normalized spacial score (nSPS) is 10.4. The van der Waals surface area contributed by atoms with E-state index in [9.17, 15) is 19.8 Å². The molecular formula is C26H21Cl2IN2O7. The van der Waals surface area contributed by atoms with E-state index >= 15 is 0 Å². The van der Waals surface area contributed by atoms with E-state index in [-0.39, 0.29) is 68.2 Å². The second kappa shape index (κ2) is 12.9. The van der Waals surface area contributed by atoms with Gasteiger partial charge in [0, 0.05) is 9.99 Å². The molecule has 0 bridgehead atoms. The van der Waals surface area contributed by atoms with E-state index in [0.717, 1.165) is 9.13 Å². The molecule has 0 aliphatic heterocycles. The number of aromatic hydroxyl groups is 3. The Morgan fingerprint density at radius 3 is 2.08 bits per heavy atom. The Morgan fingerprint density at radius 2 is 1.47 bits per heavy atom. The van der Waals surface area contributed by atoms with Crippen LogP contribution in [0.4, 0.5) is 0 Å². The monoisotopic (exact) mass is 670 g/mol. The third kappa shape index (κ3) is 7.36. The summed E-state index contributed by atoms with van der Waals surface area (Å²) in [4.78, 5) is 26.5. The summed E-state index contributed by atoms with van der Waals surface area (Å²) in [5.74, 6) is -0.429. The second-order valence-corrected chi connectivity index (χ2v) is 9.88. The number of halogens is 3. The Hall–Kier alpha value is -3.35. The molecule has 4 aromatic rings. The van der Waals surface area contributed by atoms with E-state index in [0.29, 0.717) is 12.2 Å². The van der Waals surface area contributed by atoms with Crippen molar-refractivity contribution in [2.24, 2.45) is 0 Å². The van der Waals surface area contributed by atoms with Gasteiger partial charge in [0.25, 0.3) is 5.89 Å². The number of Topliss-reactive ketones (excluding diaryl/α,β-unsaturated/α-hetero) is 2. The van der Waals surface area contributed by atoms with E-state index in [1.807, 2.05) is 24.3 Å². The predicted octanol–water partition coefficient (Wildman–Crippen LogP) is 6.36. The fraction of sp³-hybridized carbons (Fsp3) is 0.154. The zero-order valence-electron chi connectivity index (χ0n) is 20.0. The number of carbonyl (C=O) groups is 2. The van der Waals surface area contributed by atoms with Crippen molar-refractivity contribution in [2.75, 3.05) is 0 Å². The molecule has 198 valence electrons. The lowest BCUT2D eigenvalue weighted by Gasteiger charge is -2.09. The van der Waals surface area contributed by atoms with Crippen LogP contribution >= 0.6 is 45.8 Å². The number of rotatable bonds is 7. The van der Waals surface area contributed by atoms with Crippen LogP contribution in [0.1, 0.15) is 51.8 Å². The molecule has 3 aromatic carbocycles. The van der Waals surface area contributed by atoms with Gasteiger partial charge in [-0.2, -0.15) is 4.98 Å². The van der Waals surface area contributed by atoms with Gasteiger partial charge < -0.3 is 24.6 Å². The standard InChI is InChI=1S/C18H14ClIN2O4.C8H7ClO3/c1-10(23)13-6-7-14(17(19)18(13)24)25-9-16-21-15(22-26-16)8-11-2-4-12(20)5-3-11;1-4(10)5-2-3-6(11)7(9)8(5)12/h2-7,24H,8-9H2,1H3;2-3,11-12H,1H3. The maximum absolute atomic E-state index is 11.4. The number of hydrogen-bond acceptors (Lipinski definition) is 9. The van der Waals surface area contributed by atoms with Gasteiger partial charge in [-0.25, -0.2) is 0 Å². The molecule has 38 heavy (non-hydrogen) atoms. The minimum Gasteiger partial charge on any atom is -0.506 e. The summed E-state index contributed by atoms with van der Waals surface area (Å²) >= 11 is 13.8. The number of nitrogens with zero attached hydrogens (tertiary/aromatic N) is 2. The number of carbonyl (C=O) groups excluding carboxylic acids is 2. The van der Waals surface area contributed by atoms with Gasteiger partial charge in [0.15, 0.2) is 24.0 Å². The third-order valence-corrected chi connectivity index (χ3v) is 6.53. The molecule has 0 aliphatic carbocycles. The van der Waals surface area contributed by atoms with Crippen LogP contribution in [0.5, 0.6) is 23.0 Å². The highest BCUT2D eigenvalue weighted by molar-refractivity contribution is 14.1. The van der Waals surface area contributed by atoms with E-state index < -0.39 is 0 Å². The smallest absolute Gasteiger partial charge is 0.264 e. The van der Waals surface area contributed by atoms with Crippen LogP contribution in [-0.4, -0.2) is 37.0 Å². The van der Waals surface area contributed by atoms with E-state index in [1.54, 1.807) is 0 Å². The number of ether oxygens (including phenoxy) is 1. The van der Waals surface area contributed by atoms with Crippen LogP contribution in [-0.2, 0) is 13.0 Å². The average molecular weight is 671 g/mol. The first-order chi connectivity index (χ1) is 18.0. The maximum atomic E-state index is 11.4. The van der Waals surface area contributed by atoms with Gasteiger partial charge >= 0.3 is 0 Å². The fourth-order valence-corrected chi connectivity index (χ4v) is 3.87. The van der Waals surface area contributed by atoms with E-state index in [1.165, 1.54) is 38.1 Å². The molecular weight excluding hydrogens is 650 g/mol. The van der Waals surface area contributed by atoms with E-state index in [4.69, 9.17) is 37.6 Å². The summed E-state index contributed by atoms with van der Waals surface area (Å²) < 4.78 is 11.8. The number of phenols is 3. The summed E-state index contributed by atoms with van der Waals surface area (Å²) in [7, 11) is 0. The van der Waals surface area contributed by atoms with Crippen molar-refractivity contribution in [3.05, 3.63) is 90.6 Å². The SMILES string of the molecule is CC(=O)c1ccc(O)c(Cl)c1O.CC(=O)c1ccc(OCc2nc(Cc3ccc(I)cc3)no2)c(Cl)c1O. The fourth-order valence-electron chi connectivity index (χ4n) is 3.12. The molecule has 0 atom stereocenters. The zero-order chi connectivity index (χ0) is 28.0. The molecule has 0 aliphatic rings. The lowest BCUT2D eigenvalue weighted by Crippen LogP contribution is -1.99. The van der Waals surface area contributed by atoms with Crippen molar-refractivity contribution in [1.29, 1.82) is 0 Å². The third-order valence-electron chi connectivity index (χ3n) is 5.07. The molecule has 3 N–H and O–H groups in total. The highest BCUT2D eigenvalue weighted by Gasteiger charge is 2.16. The van der Waals surface area contributed by atoms with Crippen molar-refractivity contribution in [2.45, 2.75) is 26.9 Å². The summed E-state index contributed by atoms with van der Waals surface area (Å²) in [6.07, 6.45) is 0.551. The first-order valence-electron chi connectivity index (χ1n) is 10.9. The van der Waals surface area contributed by atoms with Gasteiger partial charge in [0.05, 0.1) is 11.1 Å². The molecule has 0 unspecified atom stereocenters. The highest BCUT2D eigenvalue weighted by Crippen LogP contribution is 2.37. The van der Waals surface area contributed by atoms with Crippen LogP contribution in [0.2, 0.25) is 10.0 Å². The molecule has 0 saturated carbocycles. The van der Waals surface area contributed by atoms with Gasteiger partial charge in [0.2, 0.25) is 0 Å². The number of hydrogen-bond donors (Lipinski definition) is 3. The molecule has 0 fully saturated rings. The minimum absolute atomic E-state index is 0.00172. The molecule has 12 heteroatoms. The molecule has 1 heterocycles. The maximum Gasteiger partial charge on any atom is 0.264 e. The lowest BCUT2D eigenvalue weighted by molar-refractivity contribution is 0.100. The highest BCUT2D eigenvalue weighted by atomic mass is 127. The summed E-state index contributed by atoms with van der Waals surface area (Å²) in [6, 6.07) is 13.6. The van der Waals surface area contributed by atoms with Crippen LogP contribution in [0.25, 0.3) is 0 Å². The van der Waals surface area contributed by atoms with Gasteiger partial charge in [-0.05, 0) is 78.4 Å². The second-order valence-electron chi connectivity index (χ2n) is 7.88. The Balaban J connectivity index is 0.000000279. The quantitative estimate of drug-likeness (QED) is 0.151. The lowest BCUT2D eigenvalue weighted by atomic mass is 10.1. The largest absolute Gasteiger partial charge is 0.506 e. The van der Waals surface area contributed by atoms with Crippen LogP contribution in [0.15, 0.2) is 53.1 Å². The Labute approximate surface area is 241 Å². The van der Waals surface area contributed by atoms with Crippen LogP contribution in [0, 0.1) is 3.57 Å². The van der Waals surface area contributed by atoms with Gasteiger partial charge in [-0.3, -0.25) is 9.59 Å². The topological polar surface area (TPSA) is 143 Å². The predicted molar refractivity (Wildman–Crippen MR) is 149 cm³/mol. The van der Waals surface area contributed by atoms with Crippen molar-refractivity contribution < 1.29 is 34.2 Å². The molecule has 0 radical (unpaired) electrons. The van der Waals surface area contributed by atoms with Crippen molar-refractivity contribution in [3.63, 3.8) is 0 Å². The number of phenolic OH excluding ortho intramolecular Hbond substituents is 3. The first kappa shape index (κ1) is 29.2. The van der Waals surface area contributed by atoms with Crippen molar-refractivity contribution in [1.82, 2.24) is 10.1 Å². The summed E-state index contributed by atoms with van der Waals surface area (Å²) in [6.45, 7) is 2.65. The van der Waals surface area contributed by atoms with Crippen LogP contribution in [0.3, 0.4) is 0 Å². The molecule has 0 saturated heterocycles. The molecule has 9 nitrogen and oxygen atoms in total. The van der Waals surface area contributed by atoms with Crippen molar-refractivity contribution in [3.8, 4) is 23.0 Å². The average Bonchev–Trinajstić information content (AvgIpc) is 3.32. The number of benzene rings is 3. The minimum atomic E-state index is -0.371. The Bertz CT molecular complexity index is 1470. The molecule has 0 spiro atoms. The molecule has 0 amide bonds. The van der Waals surface area contributed by atoms with Gasteiger partial charge in [0.1, 0.15) is 33.0 Å². The van der Waals surface area contributed by atoms with E-state index in [2.05, 4.69) is 32.7 Å². The molecule has 1 aromatic heterocycles. The molecule has 4 rings (SSSR count). The van der Waals surface area contributed by atoms with Crippen LogP contribution < -0.4 is 4.74 Å². The number of ketones is 2. The summed E-state index contributed by atoms with van der Waals surface area (Å²) in [5, 5.41) is 31.9. The Kier molecular flexibility index (Phi) is 9.95. The first-order valence-corrected chi connectivity index (χ1v) is 12.7. The zero-order valence-corrected chi connectivity index (χ0v) is 23.7. The Morgan fingerprint density at radius 1 is 0.895 bits per heavy atom. The van der Waals surface area contributed by atoms with Crippen molar-refractivity contribution >= 4 is 57.4 Å². The van der Waals surface area contributed by atoms with Gasteiger partial charge in [-0.1, -0.05) is 40.5 Å². The van der Waals surface area contributed by atoms with Gasteiger partial charge in [-0.15, -0.1) is 0 Å². The number of aromatic nitrogens is 2. The summed E-state index contributed by atoms with van der Waals surface area (Å²) in [5.41, 5.74) is 1.32.